The van der Waals surface area contributed by atoms with Gasteiger partial charge in [0, 0.05) is 5.66 Å². The first-order chi connectivity index (χ1) is 13.9. The van der Waals surface area contributed by atoms with Crippen molar-refractivity contribution in [2.45, 2.75) is 0 Å². The standard InChI is InChI=1S/C20H17NOP.C5H5.Fe/c1-3-8-16(9-4-1)23(17-10-5-2-6-11-17)19-13-7-12-18(19)20-21-14-15-22-20;1-2-4-5-3-1;/h1-13H,14-15H2;1-5H;/q;;+2. The van der Waals surface area contributed by atoms with Crippen molar-refractivity contribution in [2.24, 2.45) is 4.99 Å². The van der Waals surface area contributed by atoms with E-state index in [0.29, 0.717) is 6.61 Å². The summed E-state index contributed by atoms with van der Waals surface area (Å²) in [6.07, 6.45) is 16.4. The third-order valence-electron chi connectivity index (χ3n) is 4.43. The van der Waals surface area contributed by atoms with E-state index in [9.17, 15) is 0 Å². The number of hydrogen-bond acceptors (Lipinski definition) is 2. The molecule has 10 radical (unpaired) electrons. The number of benzene rings is 2. The second-order valence-electron chi connectivity index (χ2n) is 6.33. The van der Waals surface area contributed by atoms with Crippen LogP contribution in [0.15, 0.2) is 65.7 Å². The maximum Gasteiger partial charge on any atom is 2.00 e. The minimum atomic E-state index is -0.607. The Bertz CT molecular complexity index is 701. The van der Waals surface area contributed by atoms with Crippen LogP contribution in [0.4, 0.5) is 0 Å². The van der Waals surface area contributed by atoms with Crippen molar-refractivity contribution in [2.75, 3.05) is 13.2 Å². The topological polar surface area (TPSA) is 21.6 Å². The molecule has 5 rings (SSSR count). The van der Waals surface area contributed by atoms with Gasteiger partial charge >= 0.3 is 17.1 Å². The van der Waals surface area contributed by atoms with Gasteiger partial charge in [-0.2, -0.15) is 0 Å². The molecule has 29 heavy (non-hydrogen) atoms. The molecule has 2 aliphatic carbocycles. The zero-order chi connectivity index (χ0) is 19.0. The summed E-state index contributed by atoms with van der Waals surface area (Å²) in [5.41, 5.74) is 1.32. The monoisotopic (exact) mass is 439 g/mol. The van der Waals surface area contributed by atoms with Gasteiger partial charge in [0.15, 0.2) is 5.90 Å². The Kier molecular flexibility index (Phi) is 9.25. The third-order valence-corrected chi connectivity index (χ3v) is 6.93. The summed E-state index contributed by atoms with van der Waals surface area (Å²) in [4.78, 5) is 4.51. The first kappa shape index (κ1) is 22.5. The van der Waals surface area contributed by atoms with Crippen molar-refractivity contribution in [3.8, 4) is 0 Å². The van der Waals surface area contributed by atoms with Gasteiger partial charge in [0.2, 0.25) is 0 Å². The Hall–Kier alpha value is -1.14. The van der Waals surface area contributed by atoms with Gasteiger partial charge in [0.25, 0.3) is 0 Å². The number of ether oxygens (including phenoxy) is 1. The largest absolute Gasteiger partial charge is 2.00 e. The van der Waals surface area contributed by atoms with E-state index in [0.717, 1.165) is 18.4 Å². The average Bonchev–Trinajstić information content (AvgIpc) is 3.53. The van der Waals surface area contributed by atoms with E-state index < -0.39 is 7.92 Å². The Morgan fingerprint density at radius 3 is 1.72 bits per heavy atom. The molecule has 0 bridgehead atoms. The number of hydrogen-bond donors (Lipinski definition) is 0. The van der Waals surface area contributed by atoms with Gasteiger partial charge in [0.05, 0.1) is 12.5 Å². The molecule has 0 atom stereocenters. The number of nitrogens with zero attached hydrogens (tertiary/aromatic N) is 1. The molecule has 0 spiro atoms. The van der Waals surface area contributed by atoms with Gasteiger partial charge in [-0.1, -0.05) is 60.7 Å². The van der Waals surface area contributed by atoms with Crippen molar-refractivity contribution >= 4 is 24.4 Å². The SMILES string of the molecule is [CH]1[CH][CH][CH][CH]1.[CH]1[CH][C](C2=NCCO2)[C](P(c2ccccc2)c2ccccc2)[CH]1.[Fe+2]. The quantitative estimate of drug-likeness (QED) is 0.515. The first-order valence-electron chi connectivity index (χ1n) is 9.44. The predicted molar refractivity (Wildman–Crippen MR) is 118 cm³/mol. The first-order valence-corrected chi connectivity index (χ1v) is 10.8. The van der Waals surface area contributed by atoms with E-state index in [1.165, 1.54) is 16.3 Å². The molecule has 2 nitrogen and oxygen atoms in total. The van der Waals surface area contributed by atoms with Crippen LogP contribution >= 0.6 is 7.92 Å². The molecule has 0 saturated heterocycles. The minimum Gasteiger partial charge on any atom is -0.479 e. The van der Waals surface area contributed by atoms with Gasteiger partial charge in [-0.05, 0) is 69.9 Å². The van der Waals surface area contributed by atoms with Crippen LogP contribution in [0.25, 0.3) is 0 Å². The summed E-state index contributed by atoms with van der Waals surface area (Å²) in [6.45, 7) is 1.45. The fourth-order valence-corrected chi connectivity index (χ4v) is 5.63. The molecule has 2 aromatic carbocycles. The van der Waals surface area contributed by atoms with Crippen LogP contribution in [0.5, 0.6) is 0 Å². The van der Waals surface area contributed by atoms with Crippen LogP contribution in [0.1, 0.15) is 0 Å². The van der Waals surface area contributed by atoms with Crippen LogP contribution in [-0.2, 0) is 21.8 Å². The van der Waals surface area contributed by atoms with Crippen molar-refractivity contribution in [1.82, 2.24) is 0 Å². The molecule has 1 aliphatic heterocycles. The molecule has 0 N–H and O–H groups in total. The Morgan fingerprint density at radius 1 is 0.690 bits per heavy atom. The van der Waals surface area contributed by atoms with Gasteiger partial charge < -0.3 is 4.74 Å². The van der Waals surface area contributed by atoms with E-state index in [-0.39, 0.29) is 17.1 Å². The van der Waals surface area contributed by atoms with E-state index in [4.69, 9.17) is 4.74 Å². The maximum absolute atomic E-state index is 5.72. The zero-order valence-electron chi connectivity index (χ0n) is 16.0. The van der Waals surface area contributed by atoms with Crippen LogP contribution in [0.2, 0.25) is 0 Å². The van der Waals surface area contributed by atoms with Crippen molar-refractivity contribution in [3.63, 3.8) is 0 Å². The summed E-state index contributed by atoms with van der Waals surface area (Å²) in [7, 11) is -0.607. The smallest absolute Gasteiger partial charge is 0.479 e. The molecular formula is C25H22FeNOP+2. The molecule has 2 aromatic rings. The molecular weight excluding hydrogens is 417 g/mol. The summed E-state index contributed by atoms with van der Waals surface area (Å²) >= 11 is 0. The molecule has 3 aliphatic rings. The van der Waals surface area contributed by atoms with Crippen LogP contribution in [0, 0.1) is 62.9 Å². The maximum atomic E-state index is 5.72. The summed E-state index contributed by atoms with van der Waals surface area (Å²) in [6, 6.07) is 21.4. The Morgan fingerprint density at radius 2 is 1.24 bits per heavy atom. The number of aliphatic imine (C=N–C) groups is 1. The van der Waals surface area contributed by atoms with Gasteiger partial charge in [-0.15, -0.1) is 0 Å². The van der Waals surface area contributed by atoms with Crippen molar-refractivity contribution in [1.29, 1.82) is 0 Å². The Labute approximate surface area is 187 Å². The minimum absolute atomic E-state index is 0. The number of rotatable bonds is 4. The van der Waals surface area contributed by atoms with E-state index in [1.807, 2.05) is 32.1 Å². The molecule has 144 valence electrons. The van der Waals surface area contributed by atoms with Crippen molar-refractivity contribution in [3.05, 3.63) is 124 Å². The van der Waals surface area contributed by atoms with Crippen LogP contribution < -0.4 is 10.6 Å². The van der Waals surface area contributed by atoms with Gasteiger partial charge in [-0.25, -0.2) is 0 Å². The predicted octanol–water partition coefficient (Wildman–Crippen LogP) is 4.30. The average molecular weight is 439 g/mol. The van der Waals surface area contributed by atoms with Gasteiger partial charge in [0.1, 0.15) is 6.61 Å². The normalized spacial score (nSPS) is 19.3. The fourth-order valence-electron chi connectivity index (χ4n) is 3.19. The van der Waals surface area contributed by atoms with E-state index in [1.54, 1.807) is 0 Å². The van der Waals surface area contributed by atoms with Crippen LogP contribution in [-0.4, -0.2) is 19.0 Å². The second-order valence-corrected chi connectivity index (χ2v) is 8.51. The third kappa shape index (κ3) is 5.94. The molecule has 0 aromatic heterocycles. The van der Waals surface area contributed by atoms with E-state index in [2.05, 4.69) is 84.9 Å². The summed E-state index contributed by atoms with van der Waals surface area (Å²) in [5.74, 6) is 1.94. The molecule has 0 unspecified atom stereocenters. The van der Waals surface area contributed by atoms with Gasteiger partial charge in [-0.3, -0.25) is 4.99 Å². The Balaban J connectivity index is 0.000000352. The van der Waals surface area contributed by atoms with E-state index >= 15 is 0 Å². The van der Waals surface area contributed by atoms with Crippen molar-refractivity contribution < 1.29 is 21.8 Å². The van der Waals surface area contributed by atoms with Crippen LogP contribution in [0.3, 0.4) is 0 Å². The summed E-state index contributed by atoms with van der Waals surface area (Å²) in [5, 5.41) is 2.69. The molecule has 2 fully saturated rings. The molecule has 1 heterocycles. The molecule has 2 saturated carbocycles. The second kappa shape index (κ2) is 11.9. The zero-order valence-corrected chi connectivity index (χ0v) is 18.0. The summed E-state index contributed by atoms with van der Waals surface area (Å²) < 4.78 is 5.72. The molecule has 4 heteroatoms. The molecule has 0 amide bonds. The fraction of sp³-hybridized carbons (Fsp3) is 0.0800.